The summed E-state index contributed by atoms with van der Waals surface area (Å²) < 4.78 is -0.338. The minimum absolute atomic E-state index is 0.0953. The third-order valence-electron chi connectivity index (χ3n) is 3.70. The number of carboxylic acid groups (broad SMARTS) is 1. The molecule has 0 aromatic carbocycles. The van der Waals surface area contributed by atoms with Crippen LogP contribution < -0.4 is 0 Å². The predicted octanol–water partition coefficient (Wildman–Crippen LogP) is 0.856. The number of rotatable bonds is 1. The predicted molar refractivity (Wildman–Crippen MR) is 62.6 cm³/mol. The van der Waals surface area contributed by atoms with E-state index in [1.54, 1.807) is 11.8 Å². The first-order chi connectivity index (χ1) is 7.46. The van der Waals surface area contributed by atoms with Crippen molar-refractivity contribution in [1.82, 2.24) is 4.90 Å². The molecule has 2 rings (SSSR count). The van der Waals surface area contributed by atoms with Crippen molar-refractivity contribution in [3.8, 4) is 0 Å². The molecule has 0 saturated carbocycles. The molecule has 0 radical (unpaired) electrons. The van der Waals surface area contributed by atoms with Gasteiger partial charge in [-0.2, -0.15) is 0 Å². The average molecular weight is 243 g/mol. The number of carbonyl (C=O) groups is 2. The van der Waals surface area contributed by atoms with E-state index < -0.39 is 11.9 Å². The number of aliphatic carboxylic acids is 1. The molecule has 2 saturated heterocycles. The highest BCUT2D eigenvalue weighted by molar-refractivity contribution is 8.02. The third-order valence-corrected chi connectivity index (χ3v) is 5.40. The van der Waals surface area contributed by atoms with Crippen molar-refractivity contribution in [2.45, 2.75) is 29.8 Å². The lowest BCUT2D eigenvalue weighted by molar-refractivity contribution is -0.147. The molecule has 1 spiro atoms. The Morgan fingerprint density at radius 3 is 2.56 bits per heavy atom. The standard InChI is InChI=1S/C11H17NO3S/c1-7-9(13)8(10(14)15)11(16-7)3-5-12(2)6-4-11/h7-8H,3-6H2,1-2H3,(H,14,15). The fourth-order valence-electron chi connectivity index (χ4n) is 2.72. The second kappa shape index (κ2) is 4.04. The van der Waals surface area contributed by atoms with E-state index in [1.165, 1.54) is 0 Å². The van der Waals surface area contributed by atoms with Crippen molar-refractivity contribution < 1.29 is 14.7 Å². The number of thioether (sulfide) groups is 1. The molecule has 2 fully saturated rings. The summed E-state index contributed by atoms with van der Waals surface area (Å²) in [5.74, 6) is -1.82. The van der Waals surface area contributed by atoms with Gasteiger partial charge >= 0.3 is 5.97 Å². The fourth-order valence-corrected chi connectivity index (χ4v) is 4.45. The number of hydrogen-bond donors (Lipinski definition) is 1. The molecule has 0 bridgehead atoms. The van der Waals surface area contributed by atoms with Crippen molar-refractivity contribution in [2.75, 3.05) is 20.1 Å². The number of nitrogens with zero attached hydrogens (tertiary/aromatic N) is 1. The van der Waals surface area contributed by atoms with Gasteiger partial charge in [-0.15, -0.1) is 11.8 Å². The zero-order valence-corrected chi connectivity index (χ0v) is 10.4. The van der Waals surface area contributed by atoms with Gasteiger partial charge in [0.25, 0.3) is 0 Å². The van der Waals surface area contributed by atoms with Gasteiger partial charge in [-0.25, -0.2) is 0 Å². The van der Waals surface area contributed by atoms with E-state index in [-0.39, 0.29) is 15.8 Å². The van der Waals surface area contributed by atoms with Crippen LogP contribution in [0.15, 0.2) is 0 Å². The summed E-state index contributed by atoms with van der Waals surface area (Å²) >= 11 is 1.58. The SMILES string of the molecule is CC1SC2(CCN(C)CC2)C(C(=O)O)C1=O. The van der Waals surface area contributed by atoms with Gasteiger partial charge in [-0.3, -0.25) is 9.59 Å². The highest BCUT2D eigenvalue weighted by Crippen LogP contribution is 2.51. The van der Waals surface area contributed by atoms with Crippen molar-refractivity contribution in [3.05, 3.63) is 0 Å². The Balaban J connectivity index is 2.25. The molecule has 0 aromatic heterocycles. The largest absolute Gasteiger partial charge is 0.481 e. The van der Waals surface area contributed by atoms with E-state index in [2.05, 4.69) is 4.90 Å². The summed E-state index contributed by atoms with van der Waals surface area (Å²) in [6.07, 6.45) is 1.61. The van der Waals surface area contributed by atoms with Gasteiger partial charge < -0.3 is 10.0 Å². The van der Waals surface area contributed by atoms with Crippen LogP contribution >= 0.6 is 11.8 Å². The Morgan fingerprint density at radius 2 is 2.06 bits per heavy atom. The summed E-state index contributed by atoms with van der Waals surface area (Å²) in [5, 5.41) is 9.07. The minimum atomic E-state index is -0.939. The van der Waals surface area contributed by atoms with Crippen LogP contribution in [0.25, 0.3) is 0 Å². The number of hydrogen-bond acceptors (Lipinski definition) is 4. The maximum atomic E-state index is 11.9. The maximum absolute atomic E-state index is 11.9. The molecule has 2 heterocycles. The minimum Gasteiger partial charge on any atom is -0.481 e. The van der Waals surface area contributed by atoms with E-state index >= 15 is 0 Å². The summed E-state index contributed by atoms with van der Waals surface area (Å²) in [5.41, 5.74) is 0. The molecule has 2 unspecified atom stereocenters. The molecule has 2 aliphatic rings. The average Bonchev–Trinajstić information content (AvgIpc) is 2.45. The smallest absolute Gasteiger partial charge is 0.315 e. The molecule has 0 aromatic rings. The van der Waals surface area contributed by atoms with E-state index in [1.807, 2.05) is 14.0 Å². The lowest BCUT2D eigenvalue weighted by atomic mass is 9.80. The molecule has 0 aliphatic carbocycles. The summed E-state index contributed by atoms with van der Waals surface area (Å²) in [7, 11) is 2.04. The molecule has 1 N–H and O–H groups in total. The quantitative estimate of drug-likeness (QED) is 0.692. The van der Waals surface area contributed by atoms with Crippen molar-refractivity contribution in [3.63, 3.8) is 0 Å². The van der Waals surface area contributed by atoms with Crippen LogP contribution in [0.3, 0.4) is 0 Å². The van der Waals surface area contributed by atoms with Gasteiger partial charge in [0.05, 0.1) is 5.25 Å². The first kappa shape index (κ1) is 11.9. The van der Waals surface area contributed by atoms with Crippen molar-refractivity contribution in [2.24, 2.45) is 5.92 Å². The first-order valence-electron chi connectivity index (χ1n) is 5.59. The van der Waals surface area contributed by atoms with E-state index in [0.29, 0.717) is 0 Å². The van der Waals surface area contributed by atoms with Crippen LogP contribution in [-0.2, 0) is 9.59 Å². The van der Waals surface area contributed by atoms with Crippen LogP contribution in [0.1, 0.15) is 19.8 Å². The van der Waals surface area contributed by atoms with Crippen LogP contribution in [0.5, 0.6) is 0 Å². The number of ketones is 1. The Morgan fingerprint density at radius 1 is 1.50 bits per heavy atom. The Bertz CT molecular complexity index is 323. The van der Waals surface area contributed by atoms with Gasteiger partial charge in [0.15, 0.2) is 5.78 Å². The normalized spacial score (nSPS) is 34.5. The summed E-state index contributed by atoms with van der Waals surface area (Å²) in [4.78, 5) is 25.3. The Kier molecular flexibility index (Phi) is 3.01. The molecule has 16 heavy (non-hydrogen) atoms. The van der Waals surface area contributed by atoms with Gasteiger partial charge in [0.2, 0.25) is 0 Å². The van der Waals surface area contributed by atoms with Gasteiger partial charge in [-0.1, -0.05) is 0 Å². The van der Waals surface area contributed by atoms with E-state index in [4.69, 9.17) is 0 Å². The van der Waals surface area contributed by atoms with Crippen LogP contribution in [0, 0.1) is 5.92 Å². The topological polar surface area (TPSA) is 57.6 Å². The number of Topliss-reactive ketones (excluding diaryl/α,β-unsaturated/α-hetero) is 1. The number of carboxylic acids is 1. The Labute approximate surface area is 99.4 Å². The van der Waals surface area contributed by atoms with Gasteiger partial charge in [0, 0.05) is 4.75 Å². The Hall–Kier alpha value is -0.550. The van der Waals surface area contributed by atoms with Crippen molar-refractivity contribution in [1.29, 1.82) is 0 Å². The second-order valence-corrected chi connectivity index (χ2v) is 6.56. The van der Waals surface area contributed by atoms with E-state index in [0.717, 1.165) is 25.9 Å². The van der Waals surface area contributed by atoms with Crippen molar-refractivity contribution >= 4 is 23.5 Å². The van der Waals surface area contributed by atoms with Crippen LogP contribution in [0.4, 0.5) is 0 Å². The zero-order chi connectivity index (χ0) is 11.9. The monoisotopic (exact) mass is 243 g/mol. The molecular weight excluding hydrogens is 226 g/mol. The molecule has 90 valence electrons. The van der Waals surface area contributed by atoms with E-state index in [9.17, 15) is 14.7 Å². The fraction of sp³-hybridized carbons (Fsp3) is 0.818. The molecule has 2 atom stereocenters. The number of likely N-dealkylation sites (tertiary alicyclic amines) is 1. The third kappa shape index (κ3) is 1.76. The summed E-state index contributed by atoms with van der Waals surface area (Å²) in [6.45, 7) is 3.60. The second-order valence-electron chi connectivity index (χ2n) is 4.80. The molecule has 0 amide bonds. The van der Waals surface area contributed by atoms with Crippen LogP contribution in [0.2, 0.25) is 0 Å². The number of carbonyl (C=O) groups excluding carboxylic acids is 1. The molecule has 2 aliphatic heterocycles. The lowest BCUT2D eigenvalue weighted by Crippen LogP contribution is -2.47. The summed E-state index contributed by atoms with van der Waals surface area (Å²) in [6, 6.07) is 0. The lowest BCUT2D eigenvalue weighted by Gasteiger charge is -2.39. The van der Waals surface area contributed by atoms with Crippen LogP contribution in [-0.4, -0.2) is 51.9 Å². The molecule has 5 heteroatoms. The highest BCUT2D eigenvalue weighted by Gasteiger charge is 2.56. The molecule has 4 nitrogen and oxygen atoms in total. The molecular formula is C11H17NO3S. The van der Waals surface area contributed by atoms with Gasteiger partial charge in [-0.05, 0) is 39.9 Å². The first-order valence-corrected chi connectivity index (χ1v) is 6.47. The highest BCUT2D eigenvalue weighted by atomic mass is 32.2. The number of piperidine rings is 1. The zero-order valence-electron chi connectivity index (χ0n) is 9.60. The van der Waals surface area contributed by atoms with Gasteiger partial charge in [0.1, 0.15) is 5.92 Å². The maximum Gasteiger partial charge on any atom is 0.315 e.